The number of hydrogen-bond donors (Lipinski definition) is 10. The van der Waals surface area contributed by atoms with Gasteiger partial charge in [0.25, 0.3) is 0 Å². The summed E-state index contributed by atoms with van der Waals surface area (Å²) in [6, 6.07) is 10.0. The van der Waals surface area contributed by atoms with E-state index in [4.69, 9.17) is 37.6 Å². The van der Waals surface area contributed by atoms with Gasteiger partial charge in [-0.1, -0.05) is 0 Å². The quantitative estimate of drug-likeness (QED) is 0.104. The molecule has 3 aromatic rings. The SMILES string of the molecule is COc1ccc(-c2cc(=O)c3c(O)cc(O[C@@H]4O[C@@H](O[C@@H]5O[C@H](CO)[C@@H](O)[C@H](O)[C@H]5O[C@@H]5O[C@@H](C)[C@H](O)[C@@H](O)[C@H]5O)[C@H](O)[C@@H](O)[C@H]4O)cc3o2)cc1. The van der Waals surface area contributed by atoms with Crippen LogP contribution in [0.2, 0.25) is 0 Å². The third-order valence-corrected chi connectivity index (χ3v) is 9.13. The molecule has 3 fully saturated rings. The molecule has 4 heterocycles. The fraction of sp³-hybridized carbons (Fsp3) is 0.545. The summed E-state index contributed by atoms with van der Waals surface area (Å²) in [7, 11) is 1.49. The van der Waals surface area contributed by atoms with Crippen molar-refractivity contribution in [3.63, 3.8) is 0 Å². The van der Waals surface area contributed by atoms with Gasteiger partial charge in [-0.15, -0.1) is 0 Å². The molecule has 286 valence electrons. The molecule has 0 saturated carbocycles. The molecule has 3 aliphatic rings. The summed E-state index contributed by atoms with van der Waals surface area (Å²) < 4.78 is 44.8. The van der Waals surface area contributed by atoms with E-state index in [9.17, 15) is 55.9 Å². The van der Waals surface area contributed by atoms with Gasteiger partial charge in [0.05, 0.1) is 19.8 Å². The molecule has 19 nitrogen and oxygen atoms in total. The van der Waals surface area contributed by atoms with Gasteiger partial charge in [-0.05, 0) is 31.2 Å². The topological polar surface area (TPSA) is 297 Å². The van der Waals surface area contributed by atoms with Crippen LogP contribution in [0.5, 0.6) is 17.2 Å². The Morgan fingerprint density at radius 1 is 0.673 bits per heavy atom. The van der Waals surface area contributed by atoms with Crippen molar-refractivity contribution < 1.29 is 88.6 Å². The second kappa shape index (κ2) is 15.5. The molecule has 0 bridgehead atoms. The van der Waals surface area contributed by atoms with E-state index in [0.717, 1.165) is 6.07 Å². The molecule has 10 N–H and O–H groups in total. The van der Waals surface area contributed by atoms with Gasteiger partial charge in [0.15, 0.2) is 24.3 Å². The maximum absolute atomic E-state index is 12.9. The van der Waals surface area contributed by atoms with Crippen LogP contribution in [-0.4, -0.2) is 157 Å². The van der Waals surface area contributed by atoms with Crippen LogP contribution in [-0.2, 0) is 23.7 Å². The molecular weight excluding hydrogens is 700 g/mol. The smallest absolute Gasteiger partial charge is 0.231 e. The van der Waals surface area contributed by atoms with Gasteiger partial charge in [0, 0.05) is 23.8 Å². The van der Waals surface area contributed by atoms with Crippen molar-refractivity contribution in [1.29, 1.82) is 0 Å². The van der Waals surface area contributed by atoms with Gasteiger partial charge in [-0.2, -0.15) is 0 Å². The highest BCUT2D eigenvalue weighted by Crippen LogP contribution is 2.35. The summed E-state index contributed by atoms with van der Waals surface area (Å²) >= 11 is 0. The third-order valence-electron chi connectivity index (χ3n) is 9.13. The molecule has 0 aliphatic carbocycles. The summed E-state index contributed by atoms with van der Waals surface area (Å²) in [5.74, 6) is -0.0768. The lowest BCUT2D eigenvalue weighted by molar-refractivity contribution is -0.408. The number of rotatable bonds is 9. The highest BCUT2D eigenvalue weighted by atomic mass is 16.8. The zero-order chi connectivity index (χ0) is 37.6. The van der Waals surface area contributed by atoms with Gasteiger partial charge < -0.3 is 88.6 Å². The molecule has 0 radical (unpaired) electrons. The molecule has 6 rings (SSSR count). The van der Waals surface area contributed by atoms with Crippen LogP contribution in [0.15, 0.2) is 51.7 Å². The minimum absolute atomic E-state index is 0.121. The summed E-state index contributed by atoms with van der Waals surface area (Å²) in [6.07, 6.45) is -26.4. The zero-order valence-electron chi connectivity index (χ0n) is 27.6. The number of aliphatic hydroxyl groups excluding tert-OH is 9. The average Bonchev–Trinajstić information content (AvgIpc) is 3.13. The first-order valence-electron chi connectivity index (χ1n) is 16.2. The van der Waals surface area contributed by atoms with Crippen LogP contribution in [0.3, 0.4) is 0 Å². The van der Waals surface area contributed by atoms with Crippen molar-refractivity contribution in [3.05, 3.63) is 52.7 Å². The van der Waals surface area contributed by atoms with E-state index in [0.29, 0.717) is 11.3 Å². The first kappa shape index (κ1) is 38.2. The maximum atomic E-state index is 12.9. The molecule has 19 heteroatoms. The van der Waals surface area contributed by atoms with Crippen molar-refractivity contribution in [2.75, 3.05) is 13.7 Å². The highest BCUT2D eigenvalue weighted by Gasteiger charge is 2.53. The van der Waals surface area contributed by atoms with Crippen molar-refractivity contribution in [3.8, 4) is 28.6 Å². The average molecular weight is 741 g/mol. The van der Waals surface area contributed by atoms with Gasteiger partial charge in [0.1, 0.15) is 95.0 Å². The Morgan fingerprint density at radius 3 is 1.96 bits per heavy atom. The predicted octanol–water partition coefficient (Wildman–Crippen LogP) is -3.01. The summed E-state index contributed by atoms with van der Waals surface area (Å²) in [5.41, 5.74) is -0.194. The molecule has 52 heavy (non-hydrogen) atoms. The Balaban J connectivity index is 1.24. The van der Waals surface area contributed by atoms with E-state index in [2.05, 4.69) is 0 Å². The summed E-state index contributed by atoms with van der Waals surface area (Å²) in [5, 5.41) is 105. The Morgan fingerprint density at radius 2 is 1.31 bits per heavy atom. The zero-order valence-corrected chi connectivity index (χ0v) is 27.6. The van der Waals surface area contributed by atoms with E-state index in [1.165, 1.54) is 26.2 Å². The van der Waals surface area contributed by atoms with Crippen LogP contribution < -0.4 is 14.9 Å². The lowest BCUT2D eigenvalue weighted by atomic mass is 9.97. The molecule has 15 atom stereocenters. The standard InChI is InChI=1S/C33H40O19/c1-11-21(37)23(39)26(42)30(46-11)50-29-25(41)22(38)19(10-34)49-33(29)52-32-28(44)24(40)27(43)31(51-32)47-14-7-15(35)20-16(36)9-17(48-18(20)8-14)12-3-5-13(45-2)6-4-12/h3-9,11,19,21-35,37-44H,10H2,1-2H3/t11-,19+,21-,22+,23+,24-,25-,26+,27+,28+,29+,30-,31+,32-,33-/m0/s1. The second-order valence-corrected chi connectivity index (χ2v) is 12.6. The summed E-state index contributed by atoms with van der Waals surface area (Å²) in [6.45, 7) is 0.536. The number of phenolic OH excluding ortho intramolecular Hbond substituents is 1. The lowest BCUT2D eigenvalue weighted by Crippen LogP contribution is -2.66. The number of aromatic hydroxyl groups is 1. The van der Waals surface area contributed by atoms with Crippen molar-refractivity contribution in [2.24, 2.45) is 0 Å². The summed E-state index contributed by atoms with van der Waals surface area (Å²) in [4.78, 5) is 12.9. The van der Waals surface area contributed by atoms with Gasteiger partial charge in [-0.25, -0.2) is 0 Å². The molecule has 3 aliphatic heterocycles. The fourth-order valence-electron chi connectivity index (χ4n) is 6.09. The minimum atomic E-state index is -2.01. The molecule has 0 amide bonds. The lowest BCUT2D eigenvalue weighted by Gasteiger charge is -2.47. The first-order chi connectivity index (χ1) is 24.7. The number of benzene rings is 2. The largest absolute Gasteiger partial charge is 0.507 e. The minimum Gasteiger partial charge on any atom is -0.507 e. The number of phenols is 1. The predicted molar refractivity (Wildman–Crippen MR) is 170 cm³/mol. The normalized spacial score (nSPS) is 38.2. The van der Waals surface area contributed by atoms with E-state index in [1.807, 2.05) is 0 Å². The maximum Gasteiger partial charge on any atom is 0.231 e. The highest BCUT2D eigenvalue weighted by molar-refractivity contribution is 5.86. The molecular formula is C33H40O19. The second-order valence-electron chi connectivity index (χ2n) is 12.6. The number of fused-ring (bicyclic) bond motifs is 1. The Labute approximate surface area is 293 Å². The Bertz CT molecular complexity index is 1730. The number of methoxy groups -OCH3 is 1. The molecule has 0 unspecified atom stereocenters. The molecule has 0 spiro atoms. The Kier molecular flexibility index (Phi) is 11.4. The van der Waals surface area contributed by atoms with Crippen LogP contribution in [0.1, 0.15) is 6.92 Å². The first-order valence-corrected chi connectivity index (χ1v) is 16.2. The number of aliphatic hydroxyl groups is 9. The molecule has 3 saturated heterocycles. The molecule has 1 aromatic heterocycles. The number of ether oxygens (including phenoxy) is 7. The van der Waals surface area contributed by atoms with Gasteiger partial charge in [0.2, 0.25) is 6.29 Å². The number of hydrogen-bond acceptors (Lipinski definition) is 19. The van der Waals surface area contributed by atoms with Crippen LogP contribution >= 0.6 is 0 Å². The van der Waals surface area contributed by atoms with Gasteiger partial charge >= 0.3 is 0 Å². The third kappa shape index (κ3) is 7.34. The Hall–Kier alpha value is -3.51. The molecule has 2 aromatic carbocycles. The monoisotopic (exact) mass is 740 g/mol. The van der Waals surface area contributed by atoms with Gasteiger partial charge in [-0.3, -0.25) is 4.79 Å². The van der Waals surface area contributed by atoms with E-state index >= 15 is 0 Å². The van der Waals surface area contributed by atoms with Crippen molar-refractivity contribution >= 4 is 11.0 Å². The van der Waals surface area contributed by atoms with Crippen molar-refractivity contribution in [2.45, 2.75) is 99.2 Å². The van der Waals surface area contributed by atoms with E-state index in [-0.39, 0.29) is 22.5 Å². The van der Waals surface area contributed by atoms with Crippen LogP contribution in [0.4, 0.5) is 0 Å². The fourth-order valence-corrected chi connectivity index (χ4v) is 6.09. The van der Waals surface area contributed by atoms with Crippen LogP contribution in [0, 0.1) is 0 Å². The van der Waals surface area contributed by atoms with E-state index in [1.54, 1.807) is 24.3 Å². The van der Waals surface area contributed by atoms with E-state index < -0.39 is 110 Å². The van der Waals surface area contributed by atoms with Crippen molar-refractivity contribution in [1.82, 2.24) is 0 Å². The van der Waals surface area contributed by atoms with Crippen LogP contribution in [0.25, 0.3) is 22.3 Å².